The maximum absolute atomic E-state index is 10.5. The zero-order valence-corrected chi connectivity index (χ0v) is 9.31. The van der Waals surface area contributed by atoms with E-state index < -0.39 is 10.9 Å². The summed E-state index contributed by atoms with van der Waals surface area (Å²) in [7, 11) is 0. The van der Waals surface area contributed by atoms with Crippen LogP contribution in [0.4, 0.5) is 5.69 Å². The van der Waals surface area contributed by atoms with Crippen molar-refractivity contribution < 1.29 is 14.8 Å². The smallest absolute Gasteiger partial charge is 0.305 e. The maximum Gasteiger partial charge on any atom is 0.305 e. The van der Waals surface area contributed by atoms with Gasteiger partial charge < -0.3 is 5.11 Å². The van der Waals surface area contributed by atoms with Gasteiger partial charge in [0, 0.05) is 11.8 Å². The molecule has 1 aromatic rings. The molecule has 0 spiro atoms. The molecule has 1 heterocycles. The van der Waals surface area contributed by atoms with Crippen molar-refractivity contribution in [2.24, 2.45) is 0 Å². The van der Waals surface area contributed by atoms with Crippen LogP contribution in [0.1, 0.15) is 12.1 Å². The van der Waals surface area contributed by atoms with Crippen molar-refractivity contribution >= 4 is 23.4 Å². The summed E-state index contributed by atoms with van der Waals surface area (Å²) in [5.41, 5.74) is -0.620. The fraction of sp³-hybridized carbons (Fsp3) is 0.222. The van der Waals surface area contributed by atoms with Crippen LogP contribution >= 0.6 is 11.8 Å². The van der Waals surface area contributed by atoms with Gasteiger partial charge in [-0.05, 0) is 6.07 Å². The first kappa shape index (κ1) is 12.9. The number of nitriles is 1. The topological polar surface area (TPSA) is 117 Å². The van der Waals surface area contributed by atoms with Crippen LogP contribution in [0.15, 0.2) is 17.2 Å². The second-order valence-electron chi connectivity index (χ2n) is 2.88. The normalized spacial score (nSPS) is 9.59. The minimum absolute atomic E-state index is 0.0365. The number of aliphatic carboxylic acids is 1. The summed E-state index contributed by atoms with van der Waals surface area (Å²) < 4.78 is 0. The molecule has 17 heavy (non-hydrogen) atoms. The van der Waals surface area contributed by atoms with E-state index in [1.807, 2.05) is 0 Å². The van der Waals surface area contributed by atoms with Gasteiger partial charge in [-0.25, -0.2) is 4.98 Å². The van der Waals surface area contributed by atoms with Crippen LogP contribution in [-0.2, 0) is 4.79 Å². The third kappa shape index (κ3) is 3.73. The molecular weight excluding hydrogens is 246 g/mol. The van der Waals surface area contributed by atoms with Crippen molar-refractivity contribution in [1.82, 2.24) is 4.98 Å². The number of carboxylic acids is 1. The molecule has 8 heteroatoms. The molecule has 0 saturated heterocycles. The molecule has 0 saturated carbocycles. The molecule has 0 aromatic carbocycles. The number of rotatable bonds is 5. The summed E-state index contributed by atoms with van der Waals surface area (Å²) in [5, 5.41) is 28.0. The van der Waals surface area contributed by atoms with Crippen LogP contribution in [0.3, 0.4) is 0 Å². The zero-order valence-electron chi connectivity index (χ0n) is 8.49. The number of nitro groups is 1. The van der Waals surface area contributed by atoms with E-state index in [0.717, 1.165) is 11.8 Å². The Bertz CT molecular complexity index is 498. The van der Waals surface area contributed by atoms with Crippen LogP contribution in [0.2, 0.25) is 0 Å². The molecule has 0 radical (unpaired) electrons. The lowest BCUT2D eigenvalue weighted by atomic mass is 10.3. The first-order valence-electron chi connectivity index (χ1n) is 4.44. The van der Waals surface area contributed by atoms with Crippen LogP contribution in [-0.4, -0.2) is 26.7 Å². The average Bonchev–Trinajstić information content (AvgIpc) is 2.28. The summed E-state index contributed by atoms with van der Waals surface area (Å²) in [6, 6.07) is 4.22. The van der Waals surface area contributed by atoms with Gasteiger partial charge in [0.05, 0.1) is 16.4 Å². The quantitative estimate of drug-likeness (QED) is 0.479. The molecule has 1 rings (SSSR count). The third-order valence-electron chi connectivity index (χ3n) is 1.72. The van der Waals surface area contributed by atoms with Crippen LogP contribution in [0.25, 0.3) is 0 Å². The predicted octanol–water partition coefficient (Wildman–Crippen LogP) is 1.43. The van der Waals surface area contributed by atoms with Gasteiger partial charge in [-0.1, -0.05) is 0 Å². The molecule has 0 bridgehead atoms. The Balaban J connectivity index is 2.80. The summed E-state index contributed by atoms with van der Waals surface area (Å²) in [5.74, 6) is -0.634. The van der Waals surface area contributed by atoms with Crippen molar-refractivity contribution in [3.63, 3.8) is 0 Å². The first-order chi connectivity index (χ1) is 8.04. The van der Waals surface area contributed by atoms with Gasteiger partial charge in [0.15, 0.2) is 0 Å². The standard InChI is InChI=1S/C9H7N3O4S/c10-5-6-7(12(15)16)1-2-8(11-6)17-4-3-9(13)14/h1-2H,3-4H2,(H,13,14). The largest absolute Gasteiger partial charge is 0.481 e. The van der Waals surface area contributed by atoms with Crippen molar-refractivity contribution in [3.8, 4) is 6.07 Å². The summed E-state index contributed by atoms with van der Waals surface area (Å²) >= 11 is 1.13. The Morgan fingerprint density at radius 2 is 2.35 bits per heavy atom. The minimum Gasteiger partial charge on any atom is -0.481 e. The third-order valence-corrected chi connectivity index (χ3v) is 2.65. The second-order valence-corrected chi connectivity index (χ2v) is 3.99. The van der Waals surface area contributed by atoms with Crippen LogP contribution < -0.4 is 0 Å². The number of carboxylic acid groups (broad SMARTS) is 1. The van der Waals surface area contributed by atoms with Crippen molar-refractivity contribution in [2.45, 2.75) is 11.4 Å². The molecule has 1 aromatic heterocycles. The fourth-order valence-electron chi connectivity index (χ4n) is 0.987. The maximum atomic E-state index is 10.5. The zero-order chi connectivity index (χ0) is 12.8. The molecule has 0 fully saturated rings. The van der Waals surface area contributed by atoms with E-state index in [-0.39, 0.29) is 17.8 Å². The molecule has 0 atom stereocenters. The van der Waals surface area contributed by atoms with E-state index in [2.05, 4.69) is 4.98 Å². The molecule has 88 valence electrons. The number of thioether (sulfide) groups is 1. The highest BCUT2D eigenvalue weighted by Crippen LogP contribution is 2.22. The van der Waals surface area contributed by atoms with E-state index in [4.69, 9.17) is 10.4 Å². The van der Waals surface area contributed by atoms with Gasteiger partial charge in [0.2, 0.25) is 5.69 Å². The number of pyridine rings is 1. The Hall–Kier alpha value is -2.14. The molecule has 0 aliphatic rings. The highest BCUT2D eigenvalue weighted by Gasteiger charge is 2.15. The second kappa shape index (κ2) is 5.81. The first-order valence-corrected chi connectivity index (χ1v) is 5.43. The van der Waals surface area contributed by atoms with Gasteiger partial charge in [-0.15, -0.1) is 11.8 Å². The number of carbonyl (C=O) groups is 1. The molecule has 7 nitrogen and oxygen atoms in total. The predicted molar refractivity (Wildman–Crippen MR) is 58.6 cm³/mol. The number of hydrogen-bond acceptors (Lipinski definition) is 6. The van der Waals surface area contributed by atoms with Crippen molar-refractivity contribution in [1.29, 1.82) is 5.26 Å². The van der Waals surface area contributed by atoms with Crippen LogP contribution in [0, 0.1) is 21.4 Å². The van der Waals surface area contributed by atoms with Crippen molar-refractivity contribution in [2.75, 3.05) is 5.75 Å². The van der Waals surface area contributed by atoms with Gasteiger partial charge in [0.25, 0.3) is 0 Å². The van der Waals surface area contributed by atoms with Crippen molar-refractivity contribution in [3.05, 3.63) is 27.9 Å². The molecule has 0 amide bonds. The number of hydrogen-bond donors (Lipinski definition) is 1. The number of aromatic nitrogens is 1. The van der Waals surface area contributed by atoms with Gasteiger partial charge in [0.1, 0.15) is 6.07 Å². The Labute approximate surface area is 100 Å². The van der Waals surface area contributed by atoms with Crippen LogP contribution in [0.5, 0.6) is 0 Å². The van der Waals surface area contributed by atoms with E-state index in [0.29, 0.717) is 10.8 Å². The Morgan fingerprint density at radius 3 is 2.88 bits per heavy atom. The summed E-state index contributed by atoms with van der Waals surface area (Å²) in [6.07, 6.45) is -0.0365. The highest BCUT2D eigenvalue weighted by molar-refractivity contribution is 7.99. The molecule has 0 aliphatic carbocycles. The average molecular weight is 253 g/mol. The molecular formula is C9H7N3O4S. The van der Waals surface area contributed by atoms with E-state index in [1.54, 1.807) is 6.07 Å². The SMILES string of the molecule is N#Cc1nc(SCCC(=O)O)ccc1[N+](=O)[O-]. The van der Waals surface area contributed by atoms with E-state index in [9.17, 15) is 14.9 Å². The lowest BCUT2D eigenvalue weighted by molar-refractivity contribution is -0.385. The lowest BCUT2D eigenvalue weighted by Gasteiger charge is -1.99. The van der Waals surface area contributed by atoms with Gasteiger partial charge in [-0.3, -0.25) is 14.9 Å². The van der Waals surface area contributed by atoms with Gasteiger partial charge in [-0.2, -0.15) is 5.26 Å². The Morgan fingerprint density at radius 1 is 1.65 bits per heavy atom. The number of nitrogens with zero attached hydrogens (tertiary/aromatic N) is 3. The highest BCUT2D eigenvalue weighted by atomic mass is 32.2. The fourth-order valence-corrected chi connectivity index (χ4v) is 1.79. The van der Waals surface area contributed by atoms with E-state index in [1.165, 1.54) is 12.1 Å². The summed E-state index contributed by atoms with van der Waals surface area (Å²) in [6.45, 7) is 0. The molecule has 0 unspecified atom stereocenters. The Kier molecular flexibility index (Phi) is 4.42. The summed E-state index contributed by atoms with van der Waals surface area (Å²) in [4.78, 5) is 23.9. The van der Waals surface area contributed by atoms with E-state index >= 15 is 0 Å². The molecule has 1 N–H and O–H groups in total. The van der Waals surface area contributed by atoms with Gasteiger partial charge >= 0.3 is 11.7 Å². The monoisotopic (exact) mass is 253 g/mol. The minimum atomic E-state index is -0.931. The molecule has 0 aliphatic heterocycles. The lowest BCUT2D eigenvalue weighted by Crippen LogP contribution is -1.98.